The van der Waals surface area contributed by atoms with Gasteiger partial charge >= 0.3 is 5.97 Å². The molecule has 84 valence electrons. The number of esters is 1. The van der Waals surface area contributed by atoms with Crippen molar-refractivity contribution >= 4 is 5.97 Å². The molecule has 1 aliphatic rings. The first-order valence-electron chi connectivity index (χ1n) is 5.16. The summed E-state index contributed by atoms with van der Waals surface area (Å²) in [7, 11) is 1.50. The molecule has 0 bridgehead atoms. The molecular formula is C10H21NO3. The maximum absolute atomic E-state index is 11.2. The average molecular weight is 203 g/mol. The van der Waals surface area contributed by atoms with Crippen molar-refractivity contribution in [1.82, 2.24) is 0 Å². The van der Waals surface area contributed by atoms with Gasteiger partial charge in [-0.15, -0.1) is 0 Å². The van der Waals surface area contributed by atoms with Gasteiger partial charge in [-0.2, -0.15) is 0 Å². The van der Waals surface area contributed by atoms with E-state index in [9.17, 15) is 4.79 Å². The Balaban J connectivity index is 0.000000791. The molecule has 0 aromatic heterocycles. The Kier molecular flexibility index (Phi) is 8.57. The Bertz CT molecular complexity index is 144. The first kappa shape index (κ1) is 13.4. The summed E-state index contributed by atoms with van der Waals surface area (Å²) in [4.78, 5) is 11.2. The van der Waals surface area contributed by atoms with Gasteiger partial charge in [0, 0.05) is 6.61 Å². The number of unbranched alkanes of at least 4 members (excludes halogenated alkanes) is 1. The van der Waals surface area contributed by atoms with Crippen LogP contribution in [0.1, 0.15) is 26.2 Å². The van der Waals surface area contributed by atoms with Crippen LogP contribution in [0.5, 0.6) is 0 Å². The highest BCUT2D eigenvalue weighted by molar-refractivity contribution is 5.72. The average Bonchev–Trinajstić information content (AvgIpc) is 2.74. The van der Waals surface area contributed by atoms with Crippen LogP contribution in [-0.4, -0.2) is 32.8 Å². The second kappa shape index (κ2) is 8.97. The first-order valence-corrected chi connectivity index (χ1v) is 5.16. The molecule has 0 aliphatic carbocycles. The van der Waals surface area contributed by atoms with Crippen molar-refractivity contribution in [2.24, 2.45) is 11.7 Å². The number of ether oxygens (including phenoxy) is 2. The molecule has 1 unspecified atom stereocenters. The minimum Gasteiger partial charge on any atom is -0.465 e. The number of hydrogen-bond donors (Lipinski definition) is 1. The predicted octanol–water partition coefficient (Wildman–Crippen LogP) is 0.941. The number of nitrogens with two attached hydrogens (primary N) is 1. The van der Waals surface area contributed by atoms with E-state index in [4.69, 9.17) is 9.47 Å². The quantitative estimate of drug-likeness (QED) is 0.545. The second-order valence-electron chi connectivity index (χ2n) is 3.08. The number of hydrogen-bond acceptors (Lipinski definition) is 4. The van der Waals surface area contributed by atoms with E-state index in [2.05, 4.69) is 12.7 Å². The molecular weight excluding hydrogens is 182 g/mol. The number of carbonyl (C=O) groups excluding carboxylic acids is 1. The van der Waals surface area contributed by atoms with Crippen LogP contribution in [0.25, 0.3) is 0 Å². The summed E-state index contributed by atoms with van der Waals surface area (Å²) in [6, 6.07) is 0. The van der Waals surface area contributed by atoms with E-state index in [1.807, 2.05) is 0 Å². The molecule has 0 aromatic rings. The lowest BCUT2D eigenvalue weighted by Gasteiger charge is -2.07. The summed E-state index contributed by atoms with van der Waals surface area (Å²) >= 11 is 0. The van der Waals surface area contributed by atoms with Crippen LogP contribution >= 0.6 is 0 Å². The van der Waals surface area contributed by atoms with Crippen molar-refractivity contribution in [3.8, 4) is 0 Å². The Labute approximate surface area is 85.8 Å². The van der Waals surface area contributed by atoms with Crippen molar-refractivity contribution in [3.63, 3.8) is 0 Å². The molecule has 4 heteroatoms. The molecule has 0 radical (unpaired) electrons. The van der Waals surface area contributed by atoms with Gasteiger partial charge in [-0.05, 0) is 19.9 Å². The maximum atomic E-state index is 11.2. The zero-order valence-electron chi connectivity index (χ0n) is 9.12. The van der Waals surface area contributed by atoms with Gasteiger partial charge in [-0.25, -0.2) is 0 Å². The van der Waals surface area contributed by atoms with Crippen LogP contribution in [0, 0.1) is 5.92 Å². The van der Waals surface area contributed by atoms with Gasteiger partial charge in [0.15, 0.2) is 0 Å². The van der Waals surface area contributed by atoms with Crippen LogP contribution < -0.4 is 5.73 Å². The smallest absolute Gasteiger partial charge is 0.311 e. The summed E-state index contributed by atoms with van der Waals surface area (Å²) < 4.78 is 10.1. The Morgan fingerprint density at radius 2 is 2.29 bits per heavy atom. The second-order valence-corrected chi connectivity index (χ2v) is 3.08. The van der Waals surface area contributed by atoms with E-state index < -0.39 is 0 Å². The summed E-state index contributed by atoms with van der Waals surface area (Å²) in [5.74, 6) is -0.0807. The molecule has 1 atom stereocenters. The lowest BCUT2D eigenvalue weighted by Crippen LogP contribution is -2.18. The van der Waals surface area contributed by atoms with Crippen molar-refractivity contribution < 1.29 is 14.3 Å². The van der Waals surface area contributed by atoms with Gasteiger partial charge in [0.25, 0.3) is 0 Å². The minimum atomic E-state index is -0.0825. The summed E-state index contributed by atoms with van der Waals surface area (Å²) in [6.07, 6.45) is 2.85. The Morgan fingerprint density at radius 1 is 1.57 bits per heavy atom. The molecule has 1 heterocycles. The molecule has 2 N–H and O–H groups in total. The number of rotatable bonds is 4. The zero-order valence-corrected chi connectivity index (χ0v) is 9.12. The maximum Gasteiger partial charge on any atom is 0.311 e. The van der Waals surface area contributed by atoms with E-state index in [1.54, 1.807) is 0 Å². The Hall–Kier alpha value is -0.610. The third-order valence-electron chi connectivity index (χ3n) is 2.01. The third kappa shape index (κ3) is 5.19. The molecule has 1 rings (SSSR count). The fourth-order valence-corrected chi connectivity index (χ4v) is 1.16. The fraction of sp³-hybridized carbons (Fsp3) is 0.900. The van der Waals surface area contributed by atoms with Gasteiger partial charge in [-0.1, -0.05) is 13.3 Å². The lowest BCUT2D eigenvalue weighted by molar-refractivity contribution is -0.148. The predicted molar refractivity (Wildman–Crippen MR) is 54.9 cm³/mol. The minimum absolute atomic E-state index is 0.00172. The molecule has 0 spiro atoms. The highest BCUT2D eigenvalue weighted by Gasteiger charge is 2.24. The third-order valence-corrected chi connectivity index (χ3v) is 2.01. The van der Waals surface area contributed by atoms with Gasteiger partial charge in [-0.3, -0.25) is 4.79 Å². The van der Waals surface area contributed by atoms with E-state index in [-0.39, 0.29) is 11.9 Å². The van der Waals surface area contributed by atoms with Crippen LogP contribution in [-0.2, 0) is 14.3 Å². The van der Waals surface area contributed by atoms with Crippen molar-refractivity contribution in [2.75, 3.05) is 26.9 Å². The van der Waals surface area contributed by atoms with E-state index in [0.717, 1.165) is 19.3 Å². The van der Waals surface area contributed by atoms with Gasteiger partial charge in [0.1, 0.15) is 0 Å². The van der Waals surface area contributed by atoms with Crippen molar-refractivity contribution in [3.05, 3.63) is 0 Å². The first-order chi connectivity index (χ1) is 6.84. The van der Waals surface area contributed by atoms with Crippen LogP contribution in [0.3, 0.4) is 0 Å². The fourth-order valence-electron chi connectivity index (χ4n) is 1.16. The molecule has 1 saturated heterocycles. The van der Waals surface area contributed by atoms with Crippen molar-refractivity contribution in [2.45, 2.75) is 26.2 Å². The van der Waals surface area contributed by atoms with Crippen molar-refractivity contribution in [1.29, 1.82) is 0 Å². The summed E-state index contributed by atoms with van der Waals surface area (Å²) in [6.45, 7) is 3.89. The van der Waals surface area contributed by atoms with Gasteiger partial charge in [0.2, 0.25) is 0 Å². The van der Waals surface area contributed by atoms with Gasteiger partial charge in [0.05, 0.1) is 19.1 Å². The zero-order chi connectivity index (χ0) is 10.8. The standard InChI is InChI=1S/C9H16O3.CH5N/c1-2-3-5-12-9(10)8-4-6-11-7-8;1-2/h8H,2-7H2,1H3;2H2,1H3. The normalized spacial score (nSPS) is 19.8. The topological polar surface area (TPSA) is 61.5 Å². The van der Waals surface area contributed by atoms with Gasteiger partial charge < -0.3 is 15.2 Å². The lowest BCUT2D eigenvalue weighted by atomic mass is 10.1. The monoisotopic (exact) mass is 203 g/mol. The summed E-state index contributed by atoms with van der Waals surface area (Å²) in [5, 5.41) is 0. The van der Waals surface area contributed by atoms with E-state index in [0.29, 0.717) is 19.8 Å². The molecule has 1 fully saturated rings. The SMILES string of the molecule is CCCCOC(=O)C1CCOC1.CN. The molecule has 0 amide bonds. The molecule has 14 heavy (non-hydrogen) atoms. The number of carbonyl (C=O) groups is 1. The highest BCUT2D eigenvalue weighted by Crippen LogP contribution is 2.13. The molecule has 0 aromatic carbocycles. The molecule has 1 aliphatic heterocycles. The van der Waals surface area contributed by atoms with Crippen LogP contribution in [0.15, 0.2) is 0 Å². The van der Waals surface area contributed by atoms with E-state index >= 15 is 0 Å². The molecule has 4 nitrogen and oxygen atoms in total. The van der Waals surface area contributed by atoms with E-state index in [1.165, 1.54) is 7.05 Å². The van der Waals surface area contributed by atoms with Crippen LogP contribution in [0.2, 0.25) is 0 Å². The Morgan fingerprint density at radius 3 is 2.79 bits per heavy atom. The largest absolute Gasteiger partial charge is 0.465 e. The highest BCUT2D eigenvalue weighted by atomic mass is 16.5. The summed E-state index contributed by atoms with van der Waals surface area (Å²) in [5.41, 5.74) is 4.50. The van der Waals surface area contributed by atoms with Crippen LogP contribution in [0.4, 0.5) is 0 Å². The molecule has 0 saturated carbocycles.